The lowest BCUT2D eigenvalue weighted by molar-refractivity contribution is 0.638. The Labute approximate surface area is 308 Å². The summed E-state index contributed by atoms with van der Waals surface area (Å²) in [5, 5.41) is 5.36. The summed E-state index contributed by atoms with van der Waals surface area (Å²) in [6, 6.07) is 37.9. The first-order valence-electron chi connectivity index (χ1n) is 18.8. The molecule has 5 aromatic rings. The van der Waals surface area contributed by atoms with Gasteiger partial charge in [-0.15, -0.1) is 0 Å². The molecular weight excluding hydrogens is 637 g/mol. The molecule has 3 heteroatoms. The zero-order valence-electron chi connectivity index (χ0n) is 31.0. The van der Waals surface area contributed by atoms with Crippen molar-refractivity contribution in [2.75, 3.05) is 22.9 Å². The molecule has 2 heterocycles. The van der Waals surface area contributed by atoms with Crippen molar-refractivity contribution in [3.8, 4) is 0 Å². The average molecular weight is 686 g/mol. The van der Waals surface area contributed by atoms with Crippen molar-refractivity contribution >= 4 is 49.1 Å². The molecule has 2 nitrogen and oxygen atoms in total. The number of rotatable bonds is 5. The highest BCUT2D eigenvalue weighted by Gasteiger charge is 2.42. The Kier molecular flexibility index (Phi) is 8.59. The van der Waals surface area contributed by atoms with Crippen LogP contribution in [0.2, 0.25) is 0 Å². The van der Waals surface area contributed by atoms with Crippen LogP contribution in [0.25, 0.3) is 21.5 Å². The monoisotopic (exact) mass is 685 g/mol. The Morgan fingerprint density at radius 2 is 1.00 bits per heavy atom. The molecule has 8 rings (SSSR count). The normalized spacial score (nSPS) is 21.9. The van der Waals surface area contributed by atoms with Crippen LogP contribution in [0.4, 0.5) is 11.4 Å². The molecule has 0 atom stereocenters. The number of likely N-dealkylation sites (N-methyl/N-ethyl adjacent to an activating group) is 2. The van der Waals surface area contributed by atoms with Crippen LogP contribution >= 0.6 is 0 Å². The minimum Gasteiger partial charge on any atom is -0.344 e. The lowest BCUT2D eigenvalue weighted by atomic mass is 9.80. The predicted octanol–water partition coefficient (Wildman–Crippen LogP) is 12.0. The third-order valence-corrected chi connectivity index (χ3v) is 12.7. The Morgan fingerprint density at radius 1 is 0.549 bits per heavy atom. The molecule has 0 amide bonds. The van der Waals surface area contributed by atoms with Crippen molar-refractivity contribution in [1.82, 2.24) is 0 Å². The number of benzene rings is 5. The van der Waals surface area contributed by atoms with Crippen LogP contribution in [0.15, 0.2) is 155 Å². The van der Waals surface area contributed by atoms with Gasteiger partial charge in [0.1, 0.15) is 0 Å². The molecule has 0 unspecified atom stereocenters. The van der Waals surface area contributed by atoms with Crippen molar-refractivity contribution < 1.29 is 0 Å². The standard InChI is InChI=1S/C48H49N2S/c1-7-49-40-29-25-33-17-12-14-23-38(33)44(40)47(3,4)42(49)31-27-35-19-16-20-36(46(35)51-37-21-10-9-11-22-37)28-32-43-48(5,6)45-39-24-15-13-18-34(39)26-30-41(45)50(43)8-2/h9-15,17-18,21-32H,7-8,16,19-20H2,1-6H3/q+1/b35-27-,36-28+,42-31-,43-32?. The second-order valence-electron chi connectivity index (χ2n) is 15.2. The van der Waals surface area contributed by atoms with Crippen LogP contribution in [0, 0.1) is 0 Å². The molecule has 0 bridgehead atoms. The third kappa shape index (κ3) is 5.58. The highest BCUT2D eigenvalue weighted by Crippen LogP contribution is 2.52. The first-order chi connectivity index (χ1) is 24.7. The molecule has 256 valence electrons. The number of hydrogen-bond donors (Lipinski definition) is 0. The van der Waals surface area contributed by atoms with E-state index in [9.17, 15) is 0 Å². The molecule has 0 aromatic heterocycles. The van der Waals surface area contributed by atoms with E-state index in [2.05, 4.69) is 179 Å². The highest BCUT2D eigenvalue weighted by molar-refractivity contribution is 7.79. The van der Waals surface area contributed by atoms with Gasteiger partial charge < -0.3 is 9.80 Å². The summed E-state index contributed by atoms with van der Waals surface area (Å²) < 4.78 is 0. The molecule has 0 spiro atoms. The number of allylic oxidation sites excluding steroid dienone is 8. The largest absolute Gasteiger partial charge is 0.344 e. The molecule has 1 aliphatic carbocycles. The number of nitrogens with zero attached hydrogens (tertiary/aromatic N) is 2. The van der Waals surface area contributed by atoms with Crippen LogP contribution < -0.4 is 9.80 Å². The quantitative estimate of drug-likeness (QED) is 0.103. The summed E-state index contributed by atoms with van der Waals surface area (Å²) in [5.74, 6) is 0. The summed E-state index contributed by atoms with van der Waals surface area (Å²) in [4.78, 5) is 7.77. The summed E-state index contributed by atoms with van der Waals surface area (Å²) in [6.07, 6.45) is 13.1. The second kappa shape index (κ2) is 13.1. The van der Waals surface area contributed by atoms with Gasteiger partial charge in [0.25, 0.3) is 0 Å². The van der Waals surface area contributed by atoms with Gasteiger partial charge in [0.05, 0.1) is 0 Å². The van der Waals surface area contributed by atoms with Crippen LogP contribution in [-0.4, -0.2) is 18.0 Å². The first kappa shape index (κ1) is 33.4. The van der Waals surface area contributed by atoms with Gasteiger partial charge in [-0.25, -0.2) is 0 Å². The molecule has 1 fully saturated rings. The lowest BCUT2D eigenvalue weighted by Gasteiger charge is -2.26. The van der Waals surface area contributed by atoms with Crippen LogP contribution in [0.1, 0.15) is 71.9 Å². The second-order valence-corrected chi connectivity index (χ2v) is 16.3. The minimum absolute atomic E-state index is 0.107. The predicted molar refractivity (Wildman–Crippen MR) is 223 cm³/mol. The Bertz CT molecular complexity index is 2170. The topological polar surface area (TPSA) is 6.48 Å². The highest BCUT2D eigenvalue weighted by atomic mass is 32.1. The Balaban J connectivity index is 1.23. The van der Waals surface area contributed by atoms with Gasteiger partial charge in [0.2, 0.25) is 21.1 Å². The van der Waals surface area contributed by atoms with E-state index in [1.807, 2.05) is 11.4 Å². The maximum Gasteiger partial charge on any atom is 0.237 e. The number of fused-ring (bicyclic) bond motifs is 6. The number of anilines is 2. The fourth-order valence-electron chi connectivity index (χ4n) is 9.07. The molecule has 0 N–H and O–H groups in total. The molecule has 2 aliphatic heterocycles. The lowest BCUT2D eigenvalue weighted by Crippen LogP contribution is -2.26. The van der Waals surface area contributed by atoms with E-state index < -0.39 is 0 Å². The van der Waals surface area contributed by atoms with Crippen molar-refractivity contribution in [2.24, 2.45) is 0 Å². The van der Waals surface area contributed by atoms with Gasteiger partial charge in [-0.05, 0) is 90.1 Å². The van der Waals surface area contributed by atoms with Gasteiger partial charge in [-0.1, -0.05) is 119 Å². The van der Waals surface area contributed by atoms with Gasteiger partial charge >= 0.3 is 0 Å². The van der Waals surface area contributed by atoms with Crippen molar-refractivity contribution in [2.45, 2.75) is 76.5 Å². The molecule has 51 heavy (non-hydrogen) atoms. The molecule has 5 aromatic carbocycles. The molecule has 0 saturated heterocycles. The van der Waals surface area contributed by atoms with Gasteiger partial charge in [0.15, 0.2) is 0 Å². The zero-order chi connectivity index (χ0) is 35.3. The van der Waals surface area contributed by atoms with E-state index in [4.69, 9.17) is 0 Å². The van der Waals surface area contributed by atoms with E-state index in [1.165, 1.54) is 76.3 Å². The molecule has 0 radical (unpaired) electrons. The summed E-state index contributed by atoms with van der Waals surface area (Å²) in [7, 11) is 0. The van der Waals surface area contributed by atoms with Gasteiger partial charge in [-0.3, -0.25) is 0 Å². The fourth-order valence-corrected chi connectivity index (χ4v) is 10.2. The van der Waals surface area contributed by atoms with E-state index in [-0.39, 0.29) is 10.8 Å². The minimum atomic E-state index is -0.107. The fraction of sp³-hybridized carbons (Fsp3) is 0.271. The Hall–Kier alpha value is -4.73. The van der Waals surface area contributed by atoms with E-state index >= 15 is 0 Å². The Morgan fingerprint density at radius 3 is 1.47 bits per heavy atom. The average Bonchev–Trinajstić information content (AvgIpc) is 3.52. The van der Waals surface area contributed by atoms with Crippen LogP contribution in [0.3, 0.4) is 0 Å². The van der Waals surface area contributed by atoms with Gasteiger partial charge in [-0.2, -0.15) is 0 Å². The molecular formula is C48H49N2S+. The van der Waals surface area contributed by atoms with Crippen LogP contribution in [0.5, 0.6) is 0 Å². The molecule has 1 saturated carbocycles. The van der Waals surface area contributed by atoms with Crippen LogP contribution in [-0.2, 0) is 22.2 Å². The maximum absolute atomic E-state index is 2.54. The van der Waals surface area contributed by atoms with E-state index in [0.717, 1.165) is 32.4 Å². The smallest absolute Gasteiger partial charge is 0.237 e. The van der Waals surface area contributed by atoms with E-state index in [1.54, 1.807) is 0 Å². The van der Waals surface area contributed by atoms with E-state index in [0.29, 0.717) is 0 Å². The van der Waals surface area contributed by atoms with Gasteiger partial charge in [0, 0.05) is 70.0 Å². The zero-order valence-corrected chi connectivity index (χ0v) is 31.8. The van der Waals surface area contributed by atoms with Crippen molar-refractivity contribution in [3.05, 3.63) is 161 Å². The first-order valence-corrected chi connectivity index (χ1v) is 19.6. The summed E-state index contributed by atoms with van der Waals surface area (Å²) >= 11 is 1.93. The van der Waals surface area contributed by atoms with Crippen molar-refractivity contribution in [1.29, 1.82) is 0 Å². The SMILES string of the molecule is CCN1C(=C/C=C2\CCC/C(=C/C=C3\N(CC)c4ccc5ccccc5c4C3(C)C)C2=[S+]c2ccccc2)C(C)(C)c2c1ccc1ccccc21. The number of hydrogen-bond acceptors (Lipinski definition) is 2. The van der Waals surface area contributed by atoms with Crippen molar-refractivity contribution in [3.63, 3.8) is 0 Å². The molecule has 3 aliphatic rings. The third-order valence-electron chi connectivity index (χ3n) is 11.5. The summed E-state index contributed by atoms with van der Waals surface area (Å²) in [6.45, 7) is 16.1. The summed E-state index contributed by atoms with van der Waals surface area (Å²) in [5.41, 5.74) is 11.0. The maximum atomic E-state index is 2.54.